The third-order valence-corrected chi connectivity index (χ3v) is 7.76. The van der Waals surface area contributed by atoms with Gasteiger partial charge in [0.25, 0.3) is 0 Å². The average Bonchev–Trinajstić information content (AvgIpc) is 3.26. The van der Waals surface area contributed by atoms with Gasteiger partial charge in [0.2, 0.25) is 5.91 Å². The van der Waals surface area contributed by atoms with E-state index in [2.05, 4.69) is 5.32 Å². The van der Waals surface area contributed by atoms with Gasteiger partial charge in [0.1, 0.15) is 5.82 Å². The molecular weight excluding hydrogens is 581 g/mol. The molecule has 2 fully saturated rings. The molecule has 3 N–H and O–H groups in total. The van der Waals surface area contributed by atoms with Gasteiger partial charge >= 0.3 is 18.4 Å². The number of nitrogens with two attached hydrogens (primary N) is 1. The highest BCUT2D eigenvalue weighted by Crippen LogP contribution is 2.44. The molecule has 6 nitrogen and oxygen atoms in total. The van der Waals surface area contributed by atoms with Gasteiger partial charge in [-0.25, -0.2) is 9.18 Å². The highest BCUT2D eigenvalue weighted by atomic mass is 35.5. The van der Waals surface area contributed by atoms with Crippen molar-refractivity contribution >= 4 is 24.3 Å². The Labute approximate surface area is 238 Å². The number of piperidine rings is 1. The van der Waals surface area contributed by atoms with E-state index in [9.17, 15) is 40.3 Å². The zero-order valence-electron chi connectivity index (χ0n) is 22.2. The number of hydrogen-bond donors (Lipinski definition) is 2. The Bertz CT molecular complexity index is 1270. The van der Waals surface area contributed by atoms with E-state index in [0.29, 0.717) is 48.9 Å². The van der Waals surface area contributed by atoms with E-state index in [-0.39, 0.29) is 30.6 Å². The summed E-state index contributed by atoms with van der Waals surface area (Å²) in [6.45, 7) is 1.35. The van der Waals surface area contributed by atoms with E-state index in [1.165, 1.54) is 24.1 Å². The molecule has 2 aromatic carbocycles. The summed E-state index contributed by atoms with van der Waals surface area (Å²) < 4.78 is 93.9. The minimum absolute atomic E-state index is 0. The van der Waals surface area contributed by atoms with Crippen molar-refractivity contribution in [2.24, 2.45) is 5.73 Å². The number of rotatable bonds is 4. The molecule has 2 saturated heterocycles. The van der Waals surface area contributed by atoms with E-state index in [1.807, 2.05) is 0 Å². The Balaban J connectivity index is 0.00000462. The van der Waals surface area contributed by atoms with Gasteiger partial charge in [0.15, 0.2) is 0 Å². The number of hydrogen-bond acceptors (Lipinski definition) is 3. The normalized spacial score (nSPS) is 22.9. The third-order valence-electron chi connectivity index (χ3n) is 7.76. The van der Waals surface area contributed by atoms with Crippen molar-refractivity contribution < 1.29 is 40.3 Å². The number of amides is 3. The molecule has 2 aliphatic rings. The van der Waals surface area contributed by atoms with E-state index in [4.69, 9.17) is 5.73 Å². The fourth-order valence-electron chi connectivity index (χ4n) is 5.77. The molecule has 0 aromatic heterocycles. The fourth-order valence-corrected chi connectivity index (χ4v) is 5.77. The first kappa shape index (κ1) is 32.5. The van der Waals surface area contributed by atoms with E-state index in [0.717, 1.165) is 4.90 Å². The molecule has 2 aliphatic heterocycles. The second kappa shape index (κ2) is 11.7. The summed E-state index contributed by atoms with van der Waals surface area (Å²) >= 11 is 0. The zero-order chi connectivity index (χ0) is 29.6. The smallest absolute Gasteiger partial charge is 0.368 e. The number of halogens is 8. The second-order valence-corrected chi connectivity index (χ2v) is 10.6. The topological polar surface area (TPSA) is 78.7 Å². The molecule has 0 radical (unpaired) electrons. The predicted octanol–water partition coefficient (Wildman–Crippen LogP) is 5.96. The summed E-state index contributed by atoms with van der Waals surface area (Å²) in [5.74, 6) is -0.969. The van der Waals surface area contributed by atoms with Crippen LogP contribution in [0.3, 0.4) is 0 Å². The van der Waals surface area contributed by atoms with Crippen molar-refractivity contribution in [3.8, 4) is 0 Å². The van der Waals surface area contributed by atoms with Crippen molar-refractivity contribution in [2.75, 3.05) is 13.6 Å². The van der Waals surface area contributed by atoms with Crippen LogP contribution in [-0.2, 0) is 23.7 Å². The lowest BCUT2D eigenvalue weighted by atomic mass is 9.79. The summed E-state index contributed by atoms with van der Waals surface area (Å²) in [5.41, 5.74) is 2.91. The summed E-state index contributed by atoms with van der Waals surface area (Å²) in [6.07, 6.45) is -8.11. The number of nitrogens with zero attached hydrogens (tertiary/aromatic N) is 2. The summed E-state index contributed by atoms with van der Waals surface area (Å²) in [7, 11) is 1.30. The number of urea groups is 1. The van der Waals surface area contributed by atoms with Crippen LogP contribution in [0.5, 0.6) is 0 Å². The van der Waals surface area contributed by atoms with Crippen LogP contribution >= 0.6 is 12.4 Å². The van der Waals surface area contributed by atoms with Gasteiger partial charge in [-0.15, -0.1) is 12.4 Å². The van der Waals surface area contributed by atoms with Crippen LogP contribution in [0, 0.1) is 12.7 Å². The van der Waals surface area contributed by atoms with Crippen LogP contribution in [-0.4, -0.2) is 46.9 Å². The molecule has 14 heteroatoms. The lowest BCUT2D eigenvalue weighted by Crippen LogP contribution is -2.57. The lowest BCUT2D eigenvalue weighted by molar-refractivity contribution is -0.143. The molecule has 2 aromatic rings. The monoisotopic (exact) mass is 610 g/mol. The Kier molecular flexibility index (Phi) is 9.24. The first-order valence-corrected chi connectivity index (χ1v) is 12.6. The van der Waals surface area contributed by atoms with Crippen LogP contribution in [0.25, 0.3) is 0 Å². The number of primary amides is 1. The average molecular weight is 611 g/mol. The minimum atomic E-state index is -5.01. The van der Waals surface area contributed by atoms with E-state index < -0.39 is 65.4 Å². The van der Waals surface area contributed by atoms with Crippen molar-refractivity contribution in [3.63, 3.8) is 0 Å². The van der Waals surface area contributed by atoms with Crippen LogP contribution in [0.2, 0.25) is 0 Å². The number of likely N-dealkylation sites (tertiary alicyclic amines) is 1. The zero-order valence-corrected chi connectivity index (χ0v) is 23.0. The van der Waals surface area contributed by atoms with Crippen LogP contribution < -0.4 is 11.1 Å². The minimum Gasteiger partial charge on any atom is -0.368 e. The quantitative estimate of drug-likeness (QED) is 0.420. The highest BCUT2D eigenvalue weighted by Gasteiger charge is 2.48. The largest absolute Gasteiger partial charge is 0.416 e. The summed E-state index contributed by atoms with van der Waals surface area (Å²) in [6, 6.07) is 3.60. The summed E-state index contributed by atoms with van der Waals surface area (Å²) in [4.78, 5) is 28.0. The fraction of sp³-hybridized carbons (Fsp3) is 0.481. The Morgan fingerprint density at radius 1 is 1.05 bits per heavy atom. The summed E-state index contributed by atoms with van der Waals surface area (Å²) in [5, 5.41) is 3.29. The second-order valence-electron chi connectivity index (χ2n) is 10.6. The van der Waals surface area contributed by atoms with Gasteiger partial charge in [-0.2, -0.15) is 26.3 Å². The van der Waals surface area contributed by atoms with Crippen LogP contribution in [0.15, 0.2) is 36.4 Å². The first-order chi connectivity index (χ1) is 18.5. The third kappa shape index (κ3) is 7.06. The van der Waals surface area contributed by atoms with Gasteiger partial charge in [-0.1, -0.05) is 6.07 Å². The number of nitrogens with one attached hydrogen (secondary N) is 1. The molecule has 41 heavy (non-hydrogen) atoms. The molecule has 226 valence electrons. The van der Waals surface area contributed by atoms with Gasteiger partial charge in [-0.3, -0.25) is 4.79 Å². The highest BCUT2D eigenvalue weighted by molar-refractivity contribution is 5.85. The first-order valence-electron chi connectivity index (χ1n) is 12.6. The van der Waals surface area contributed by atoms with Gasteiger partial charge in [-0.05, 0) is 79.6 Å². The van der Waals surface area contributed by atoms with Crippen molar-refractivity contribution in [1.82, 2.24) is 15.1 Å². The maximum atomic E-state index is 13.9. The number of carbonyl (C=O) groups excluding carboxylic acids is 2. The Hall–Kier alpha value is -3.06. The molecule has 3 amide bonds. The van der Waals surface area contributed by atoms with Gasteiger partial charge in [0, 0.05) is 25.7 Å². The predicted molar refractivity (Wildman–Crippen MR) is 138 cm³/mol. The van der Waals surface area contributed by atoms with Gasteiger partial charge in [0.05, 0.1) is 23.2 Å². The number of alkyl halides is 6. The van der Waals surface area contributed by atoms with E-state index in [1.54, 1.807) is 13.0 Å². The molecule has 0 bridgehead atoms. The molecule has 3 atom stereocenters. The Morgan fingerprint density at radius 3 is 2.17 bits per heavy atom. The number of aryl methyl sites for hydroxylation is 1. The molecular formula is C27H30ClF7N4O2. The van der Waals surface area contributed by atoms with Gasteiger partial charge < -0.3 is 20.9 Å². The molecule has 0 aliphatic carbocycles. The molecule has 0 saturated carbocycles. The number of benzene rings is 2. The maximum absolute atomic E-state index is 13.9. The molecule has 4 rings (SSSR count). The maximum Gasteiger partial charge on any atom is 0.416 e. The molecule has 1 spiro atoms. The standard InChI is InChI=1S/C27H29F7N4O2.ClH/c1-15-9-19(28)3-4-20(15)22-13-25(6-5-21(36-25)23(35)39)7-8-38(22)24(40)37(2)14-16-10-17(26(29,30)31)12-18(11-16)27(32,33)34;/h3-4,9-12,21-22,36H,5-8,13-14H2,1-2H3,(H2,35,39);1H/t21-,22-,25+;/m1./s1. The SMILES string of the molecule is Cc1cc(F)ccc1[C@H]1C[C@]2(CC[C@H](C(N)=O)N2)CCN1C(=O)N(C)Cc1cc(C(F)(F)F)cc(C(F)(F)F)c1.Cl. The number of carbonyl (C=O) groups is 2. The van der Waals surface area contributed by atoms with E-state index >= 15 is 0 Å². The van der Waals surface area contributed by atoms with Crippen molar-refractivity contribution in [1.29, 1.82) is 0 Å². The lowest BCUT2D eigenvalue weighted by Gasteiger charge is -2.47. The van der Waals surface area contributed by atoms with Crippen LogP contribution in [0.4, 0.5) is 35.5 Å². The Morgan fingerprint density at radius 2 is 1.66 bits per heavy atom. The van der Waals surface area contributed by atoms with Crippen molar-refractivity contribution in [2.45, 2.75) is 69.1 Å². The molecule has 2 heterocycles. The molecule has 0 unspecified atom stereocenters. The van der Waals surface area contributed by atoms with Crippen molar-refractivity contribution in [3.05, 3.63) is 70.0 Å². The van der Waals surface area contributed by atoms with Crippen LogP contribution in [0.1, 0.15) is 59.5 Å².